The molecule has 140 valence electrons. The minimum Gasteiger partial charge on any atom is -0.462 e. The molecule has 28 heavy (non-hydrogen) atoms. The van der Waals surface area contributed by atoms with Crippen LogP contribution in [0.3, 0.4) is 0 Å². The SMILES string of the molecule is Nc1ccccc1C1Nc2ncccc2O1.O=c1ccc2cc(S)ccc2o1. The van der Waals surface area contributed by atoms with Crippen molar-refractivity contribution in [1.82, 2.24) is 4.98 Å². The Morgan fingerprint density at radius 2 is 1.89 bits per heavy atom. The highest BCUT2D eigenvalue weighted by atomic mass is 32.1. The number of fused-ring (bicyclic) bond motifs is 2. The van der Waals surface area contributed by atoms with E-state index in [0.29, 0.717) is 11.3 Å². The number of ether oxygens (including phenoxy) is 1. The van der Waals surface area contributed by atoms with E-state index in [2.05, 4.69) is 22.9 Å². The predicted octanol–water partition coefficient (Wildman–Crippen LogP) is 4.25. The van der Waals surface area contributed by atoms with Gasteiger partial charge in [-0.3, -0.25) is 0 Å². The Hall–Kier alpha value is -3.45. The molecule has 0 aliphatic carbocycles. The van der Waals surface area contributed by atoms with Gasteiger partial charge in [-0.2, -0.15) is 0 Å². The van der Waals surface area contributed by atoms with E-state index in [-0.39, 0.29) is 11.9 Å². The van der Waals surface area contributed by atoms with Gasteiger partial charge in [0.05, 0.1) is 0 Å². The van der Waals surface area contributed by atoms with Gasteiger partial charge in [0.15, 0.2) is 17.8 Å². The zero-order valence-electron chi connectivity index (χ0n) is 14.7. The maximum absolute atomic E-state index is 10.8. The van der Waals surface area contributed by atoms with Crippen LogP contribution in [-0.2, 0) is 0 Å². The molecule has 0 fully saturated rings. The molecule has 0 saturated heterocycles. The van der Waals surface area contributed by atoms with E-state index in [0.717, 1.165) is 27.4 Å². The largest absolute Gasteiger partial charge is 0.462 e. The standard InChI is InChI=1S/C12H11N3O.C9H6O2S/c13-9-5-2-1-4-8(9)12-15-11-10(16-12)6-3-7-14-11;10-9-4-1-6-5-7(12)2-3-8(6)11-9/h1-7,12H,13H2,(H,14,15);1-5,12H. The second kappa shape index (κ2) is 7.66. The summed E-state index contributed by atoms with van der Waals surface area (Å²) in [6, 6.07) is 19.9. The Bertz CT molecular complexity index is 1170. The quantitative estimate of drug-likeness (QED) is 0.255. The van der Waals surface area contributed by atoms with Gasteiger partial charge in [-0.25, -0.2) is 9.78 Å². The van der Waals surface area contributed by atoms with Crippen molar-refractivity contribution in [2.24, 2.45) is 0 Å². The van der Waals surface area contributed by atoms with Gasteiger partial charge in [-0.15, -0.1) is 12.6 Å². The molecular formula is C21H17N3O3S. The molecule has 1 aliphatic rings. The molecule has 1 atom stereocenters. The molecule has 3 N–H and O–H groups in total. The van der Waals surface area contributed by atoms with Crippen LogP contribution in [0.5, 0.6) is 5.75 Å². The molecule has 0 bridgehead atoms. The molecule has 6 nitrogen and oxygen atoms in total. The van der Waals surface area contributed by atoms with Crippen molar-refractivity contribution < 1.29 is 9.15 Å². The number of rotatable bonds is 1. The number of para-hydroxylation sites is 1. The first-order valence-corrected chi connectivity index (χ1v) is 9.00. The van der Waals surface area contributed by atoms with E-state index in [1.54, 1.807) is 24.4 Å². The molecule has 1 aliphatic heterocycles. The number of pyridine rings is 1. The van der Waals surface area contributed by atoms with Gasteiger partial charge in [-0.05, 0) is 42.5 Å². The van der Waals surface area contributed by atoms with Crippen molar-refractivity contribution in [2.75, 3.05) is 11.1 Å². The van der Waals surface area contributed by atoms with Crippen molar-refractivity contribution >= 4 is 35.1 Å². The molecule has 0 amide bonds. The molecule has 4 aromatic rings. The molecule has 3 heterocycles. The molecule has 2 aromatic carbocycles. The number of nitrogens with zero attached hydrogens (tertiary/aromatic N) is 1. The van der Waals surface area contributed by atoms with E-state index in [9.17, 15) is 4.79 Å². The van der Waals surface area contributed by atoms with Crippen molar-refractivity contribution in [3.8, 4) is 5.75 Å². The van der Waals surface area contributed by atoms with Crippen LogP contribution in [-0.4, -0.2) is 4.98 Å². The summed E-state index contributed by atoms with van der Waals surface area (Å²) in [6.07, 6.45) is 1.48. The number of anilines is 2. The number of thiol groups is 1. The molecule has 2 aromatic heterocycles. The number of hydrogen-bond donors (Lipinski definition) is 3. The minimum absolute atomic E-state index is 0.244. The number of hydrogen-bond acceptors (Lipinski definition) is 7. The van der Waals surface area contributed by atoms with Gasteiger partial charge in [-0.1, -0.05) is 18.2 Å². The summed E-state index contributed by atoms with van der Waals surface area (Å²) in [5.74, 6) is 1.52. The minimum atomic E-state index is -0.325. The van der Waals surface area contributed by atoms with Crippen LogP contribution in [0.2, 0.25) is 0 Å². The van der Waals surface area contributed by atoms with Gasteiger partial charge in [0.25, 0.3) is 0 Å². The van der Waals surface area contributed by atoms with Crippen molar-refractivity contribution in [3.05, 3.63) is 88.9 Å². The first-order valence-electron chi connectivity index (χ1n) is 8.56. The topological polar surface area (TPSA) is 90.4 Å². The molecule has 1 unspecified atom stereocenters. The summed E-state index contributed by atoms with van der Waals surface area (Å²) < 4.78 is 10.6. The van der Waals surface area contributed by atoms with Crippen LogP contribution in [0.25, 0.3) is 11.0 Å². The van der Waals surface area contributed by atoms with Crippen molar-refractivity contribution in [3.63, 3.8) is 0 Å². The van der Waals surface area contributed by atoms with Crippen LogP contribution < -0.4 is 21.4 Å². The van der Waals surface area contributed by atoms with Gasteiger partial charge >= 0.3 is 5.63 Å². The number of benzene rings is 2. The Morgan fingerprint density at radius 3 is 2.71 bits per heavy atom. The van der Waals surface area contributed by atoms with E-state index >= 15 is 0 Å². The summed E-state index contributed by atoms with van der Waals surface area (Å²) in [5, 5.41) is 4.07. The fraction of sp³-hybridized carbons (Fsp3) is 0.0476. The average Bonchev–Trinajstić information content (AvgIpc) is 3.13. The highest BCUT2D eigenvalue weighted by molar-refractivity contribution is 7.80. The fourth-order valence-electron chi connectivity index (χ4n) is 2.82. The number of nitrogens with two attached hydrogens (primary N) is 1. The lowest BCUT2D eigenvalue weighted by Gasteiger charge is -2.13. The Balaban J connectivity index is 0.000000143. The third-order valence-electron chi connectivity index (χ3n) is 4.16. The Morgan fingerprint density at radius 1 is 1.04 bits per heavy atom. The molecule has 0 spiro atoms. The molecule has 5 rings (SSSR count). The zero-order chi connectivity index (χ0) is 19.5. The normalized spacial score (nSPS) is 14.4. The third-order valence-corrected chi connectivity index (χ3v) is 4.44. The lowest BCUT2D eigenvalue weighted by molar-refractivity contribution is 0.260. The van der Waals surface area contributed by atoms with E-state index in [1.807, 2.05) is 42.5 Å². The summed E-state index contributed by atoms with van der Waals surface area (Å²) in [6.45, 7) is 0. The monoisotopic (exact) mass is 391 g/mol. The zero-order valence-corrected chi connectivity index (χ0v) is 15.6. The van der Waals surface area contributed by atoms with Crippen molar-refractivity contribution in [2.45, 2.75) is 11.1 Å². The van der Waals surface area contributed by atoms with Crippen LogP contribution in [0.15, 0.2) is 87.0 Å². The lowest BCUT2D eigenvalue weighted by atomic mass is 10.1. The van der Waals surface area contributed by atoms with Crippen LogP contribution in [0, 0.1) is 0 Å². The van der Waals surface area contributed by atoms with E-state index < -0.39 is 0 Å². The van der Waals surface area contributed by atoms with Gasteiger partial charge in [0, 0.05) is 33.8 Å². The molecular weight excluding hydrogens is 374 g/mol. The molecule has 0 radical (unpaired) electrons. The van der Waals surface area contributed by atoms with E-state index in [1.165, 1.54) is 6.07 Å². The average molecular weight is 391 g/mol. The maximum Gasteiger partial charge on any atom is 0.336 e. The van der Waals surface area contributed by atoms with Gasteiger partial charge in [0.1, 0.15) is 5.58 Å². The molecule has 7 heteroatoms. The molecule has 0 saturated carbocycles. The number of nitrogen functional groups attached to an aromatic ring is 1. The second-order valence-corrected chi connectivity index (χ2v) is 6.61. The smallest absolute Gasteiger partial charge is 0.336 e. The Labute approximate surface area is 166 Å². The highest BCUT2D eigenvalue weighted by Crippen LogP contribution is 2.37. The van der Waals surface area contributed by atoms with Crippen LogP contribution in [0.4, 0.5) is 11.5 Å². The van der Waals surface area contributed by atoms with Gasteiger partial charge < -0.3 is 20.2 Å². The van der Waals surface area contributed by atoms with Crippen LogP contribution >= 0.6 is 12.6 Å². The maximum atomic E-state index is 10.8. The summed E-state index contributed by atoms with van der Waals surface area (Å²) in [5.41, 5.74) is 7.81. The van der Waals surface area contributed by atoms with Gasteiger partial charge in [0.2, 0.25) is 0 Å². The first-order chi connectivity index (χ1) is 13.6. The lowest BCUT2D eigenvalue weighted by Crippen LogP contribution is -2.12. The fourth-order valence-corrected chi connectivity index (χ4v) is 3.04. The first kappa shape index (κ1) is 17.9. The summed E-state index contributed by atoms with van der Waals surface area (Å²) in [7, 11) is 0. The Kier molecular flexibility index (Phi) is 4.90. The number of nitrogens with one attached hydrogen (secondary N) is 1. The van der Waals surface area contributed by atoms with E-state index in [4.69, 9.17) is 14.9 Å². The van der Waals surface area contributed by atoms with Crippen LogP contribution in [0.1, 0.15) is 11.8 Å². The summed E-state index contributed by atoms with van der Waals surface area (Å²) in [4.78, 5) is 15.8. The summed E-state index contributed by atoms with van der Waals surface area (Å²) >= 11 is 4.17. The number of aromatic nitrogens is 1. The van der Waals surface area contributed by atoms with Crippen molar-refractivity contribution in [1.29, 1.82) is 0 Å². The second-order valence-electron chi connectivity index (χ2n) is 6.10. The predicted molar refractivity (Wildman–Crippen MR) is 112 cm³/mol. The highest BCUT2D eigenvalue weighted by Gasteiger charge is 2.25. The third kappa shape index (κ3) is 3.79.